The maximum atomic E-state index is 5.77. The molecular formula is C12H17NO. The minimum absolute atomic E-state index is 0.573. The molecule has 2 heteroatoms. The highest BCUT2D eigenvalue weighted by molar-refractivity contribution is 5.46. The molecule has 1 aromatic rings. The molecule has 0 bridgehead atoms. The van der Waals surface area contributed by atoms with E-state index < -0.39 is 0 Å². The van der Waals surface area contributed by atoms with E-state index in [0.717, 1.165) is 12.3 Å². The van der Waals surface area contributed by atoms with Gasteiger partial charge in [0.25, 0.3) is 0 Å². The standard InChI is InChI=1S/C12H17NO/c1-14-8-10-4-2-3-9-7-11(13)5-6-12(9)10/h5-7,10H,2-4,8,13H2,1H3. The van der Waals surface area contributed by atoms with Gasteiger partial charge in [0.1, 0.15) is 0 Å². The number of anilines is 1. The van der Waals surface area contributed by atoms with E-state index in [1.807, 2.05) is 6.07 Å². The zero-order valence-corrected chi connectivity index (χ0v) is 8.62. The van der Waals surface area contributed by atoms with E-state index >= 15 is 0 Å². The highest BCUT2D eigenvalue weighted by Crippen LogP contribution is 2.32. The second kappa shape index (κ2) is 4.01. The molecule has 0 fully saturated rings. The van der Waals surface area contributed by atoms with Crippen molar-refractivity contribution in [2.45, 2.75) is 25.2 Å². The van der Waals surface area contributed by atoms with Crippen LogP contribution < -0.4 is 5.73 Å². The molecule has 0 aromatic heterocycles. The Kier molecular flexibility index (Phi) is 2.73. The molecule has 2 rings (SSSR count). The summed E-state index contributed by atoms with van der Waals surface area (Å²) in [5.74, 6) is 0.573. The van der Waals surface area contributed by atoms with Crippen LogP contribution in [-0.4, -0.2) is 13.7 Å². The lowest BCUT2D eigenvalue weighted by Crippen LogP contribution is -2.14. The minimum Gasteiger partial charge on any atom is -0.399 e. The maximum absolute atomic E-state index is 5.77. The van der Waals surface area contributed by atoms with Crippen molar-refractivity contribution in [2.75, 3.05) is 19.5 Å². The van der Waals surface area contributed by atoms with Crippen LogP contribution in [0.3, 0.4) is 0 Å². The molecule has 0 amide bonds. The maximum Gasteiger partial charge on any atom is 0.0531 e. The van der Waals surface area contributed by atoms with Crippen molar-refractivity contribution in [2.24, 2.45) is 0 Å². The Labute approximate surface area is 85.1 Å². The van der Waals surface area contributed by atoms with Crippen molar-refractivity contribution in [1.82, 2.24) is 0 Å². The first-order chi connectivity index (χ1) is 6.81. The first-order valence-corrected chi connectivity index (χ1v) is 5.18. The number of fused-ring (bicyclic) bond motifs is 1. The molecule has 14 heavy (non-hydrogen) atoms. The van der Waals surface area contributed by atoms with E-state index in [-0.39, 0.29) is 0 Å². The molecule has 1 atom stereocenters. The normalized spacial score (nSPS) is 20.5. The number of ether oxygens (including phenoxy) is 1. The van der Waals surface area contributed by atoms with Gasteiger partial charge in [0.15, 0.2) is 0 Å². The summed E-state index contributed by atoms with van der Waals surface area (Å²) in [4.78, 5) is 0. The second-order valence-electron chi connectivity index (χ2n) is 4.00. The average molecular weight is 191 g/mol. The van der Waals surface area contributed by atoms with E-state index in [9.17, 15) is 0 Å². The second-order valence-corrected chi connectivity index (χ2v) is 4.00. The van der Waals surface area contributed by atoms with Crippen LogP contribution >= 0.6 is 0 Å². The Morgan fingerprint density at radius 3 is 3.14 bits per heavy atom. The number of nitrogens with two attached hydrogens (primary N) is 1. The Hall–Kier alpha value is -1.02. The van der Waals surface area contributed by atoms with Crippen molar-refractivity contribution in [3.8, 4) is 0 Å². The van der Waals surface area contributed by atoms with Crippen LogP contribution in [0, 0.1) is 0 Å². The van der Waals surface area contributed by atoms with Gasteiger partial charge in [-0.15, -0.1) is 0 Å². The van der Waals surface area contributed by atoms with E-state index in [0.29, 0.717) is 5.92 Å². The van der Waals surface area contributed by atoms with Crippen LogP contribution in [0.25, 0.3) is 0 Å². The number of aryl methyl sites for hydroxylation is 1. The Morgan fingerprint density at radius 2 is 2.36 bits per heavy atom. The quantitative estimate of drug-likeness (QED) is 0.728. The van der Waals surface area contributed by atoms with Gasteiger partial charge < -0.3 is 10.5 Å². The van der Waals surface area contributed by atoms with Crippen LogP contribution in [-0.2, 0) is 11.2 Å². The van der Waals surface area contributed by atoms with Gasteiger partial charge in [0, 0.05) is 18.7 Å². The van der Waals surface area contributed by atoms with Crippen molar-refractivity contribution in [1.29, 1.82) is 0 Å². The zero-order chi connectivity index (χ0) is 9.97. The van der Waals surface area contributed by atoms with Gasteiger partial charge in [0.05, 0.1) is 6.61 Å². The van der Waals surface area contributed by atoms with Crippen LogP contribution in [0.5, 0.6) is 0 Å². The summed E-state index contributed by atoms with van der Waals surface area (Å²) in [6.45, 7) is 0.830. The van der Waals surface area contributed by atoms with Crippen molar-refractivity contribution in [3.63, 3.8) is 0 Å². The van der Waals surface area contributed by atoms with Crippen LogP contribution in [0.2, 0.25) is 0 Å². The fourth-order valence-corrected chi connectivity index (χ4v) is 2.31. The third-order valence-electron chi connectivity index (χ3n) is 2.97. The molecular weight excluding hydrogens is 174 g/mol. The van der Waals surface area contributed by atoms with Crippen molar-refractivity contribution >= 4 is 5.69 Å². The van der Waals surface area contributed by atoms with Gasteiger partial charge in [0.2, 0.25) is 0 Å². The topological polar surface area (TPSA) is 35.2 Å². The molecule has 76 valence electrons. The van der Waals surface area contributed by atoms with E-state index in [2.05, 4.69) is 12.1 Å². The first kappa shape index (κ1) is 9.53. The molecule has 0 heterocycles. The molecule has 2 nitrogen and oxygen atoms in total. The summed E-state index contributed by atoms with van der Waals surface area (Å²) in [7, 11) is 1.77. The molecule has 0 radical (unpaired) electrons. The smallest absolute Gasteiger partial charge is 0.0531 e. The minimum atomic E-state index is 0.573. The summed E-state index contributed by atoms with van der Waals surface area (Å²) in [5.41, 5.74) is 9.50. The zero-order valence-electron chi connectivity index (χ0n) is 8.62. The molecule has 0 spiro atoms. The van der Waals surface area contributed by atoms with E-state index in [1.165, 1.54) is 30.4 Å². The number of benzene rings is 1. The van der Waals surface area contributed by atoms with Crippen molar-refractivity contribution in [3.05, 3.63) is 29.3 Å². The predicted molar refractivity (Wildman–Crippen MR) is 58.4 cm³/mol. The summed E-state index contributed by atoms with van der Waals surface area (Å²) >= 11 is 0. The average Bonchev–Trinajstić information content (AvgIpc) is 2.18. The van der Waals surface area contributed by atoms with Crippen LogP contribution in [0.1, 0.15) is 29.9 Å². The van der Waals surface area contributed by atoms with E-state index in [1.54, 1.807) is 7.11 Å². The number of methoxy groups -OCH3 is 1. The number of hydrogen-bond donors (Lipinski definition) is 1. The molecule has 1 aromatic carbocycles. The summed E-state index contributed by atoms with van der Waals surface area (Å²) in [5, 5.41) is 0. The van der Waals surface area contributed by atoms with Gasteiger partial charge in [-0.2, -0.15) is 0 Å². The number of hydrogen-bond acceptors (Lipinski definition) is 2. The summed E-state index contributed by atoms with van der Waals surface area (Å²) < 4.78 is 5.24. The van der Waals surface area contributed by atoms with Gasteiger partial charge in [-0.1, -0.05) is 6.07 Å². The fraction of sp³-hybridized carbons (Fsp3) is 0.500. The molecule has 1 aliphatic carbocycles. The van der Waals surface area contributed by atoms with Gasteiger partial charge in [-0.25, -0.2) is 0 Å². The third kappa shape index (κ3) is 1.75. The SMILES string of the molecule is COCC1CCCc2cc(N)ccc21. The number of rotatable bonds is 2. The molecule has 0 saturated heterocycles. The lowest BCUT2D eigenvalue weighted by Gasteiger charge is -2.25. The molecule has 1 aliphatic rings. The van der Waals surface area contributed by atoms with E-state index in [4.69, 9.17) is 10.5 Å². The Balaban J connectivity index is 2.30. The third-order valence-corrected chi connectivity index (χ3v) is 2.97. The Morgan fingerprint density at radius 1 is 1.50 bits per heavy atom. The van der Waals surface area contributed by atoms with Crippen molar-refractivity contribution < 1.29 is 4.74 Å². The highest BCUT2D eigenvalue weighted by atomic mass is 16.5. The summed E-state index contributed by atoms with van der Waals surface area (Å²) in [6.07, 6.45) is 3.66. The van der Waals surface area contributed by atoms with Gasteiger partial charge in [-0.05, 0) is 42.5 Å². The largest absolute Gasteiger partial charge is 0.399 e. The Bertz CT molecular complexity index is 322. The monoisotopic (exact) mass is 191 g/mol. The highest BCUT2D eigenvalue weighted by Gasteiger charge is 2.19. The lowest BCUT2D eigenvalue weighted by molar-refractivity contribution is 0.172. The first-order valence-electron chi connectivity index (χ1n) is 5.18. The molecule has 1 unspecified atom stereocenters. The molecule has 2 N–H and O–H groups in total. The van der Waals surface area contributed by atoms with Crippen LogP contribution in [0.15, 0.2) is 18.2 Å². The van der Waals surface area contributed by atoms with Gasteiger partial charge in [-0.3, -0.25) is 0 Å². The number of nitrogen functional groups attached to an aromatic ring is 1. The van der Waals surface area contributed by atoms with Crippen LogP contribution in [0.4, 0.5) is 5.69 Å². The fourth-order valence-electron chi connectivity index (χ4n) is 2.31. The molecule has 0 aliphatic heterocycles. The summed E-state index contributed by atoms with van der Waals surface area (Å²) in [6, 6.07) is 6.26. The lowest BCUT2D eigenvalue weighted by atomic mass is 9.83. The van der Waals surface area contributed by atoms with Gasteiger partial charge >= 0.3 is 0 Å². The molecule has 0 saturated carbocycles. The predicted octanol–water partition coefficient (Wildman–Crippen LogP) is 2.34.